The molecule has 0 aliphatic heterocycles. The summed E-state index contributed by atoms with van der Waals surface area (Å²) in [5.41, 5.74) is 0.352. The minimum atomic E-state index is -0.180. The Hall–Kier alpha value is -1.36. The zero-order valence-corrected chi connectivity index (χ0v) is 9.41. The SMILES string of the molecule is CCc1cc(C(=O)NCCN(C)C)no1. The third-order valence-electron chi connectivity index (χ3n) is 1.98. The molecule has 5 nitrogen and oxygen atoms in total. The molecule has 84 valence electrons. The van der Waals surface area contributed by atoms with Crippen molar-refractivity contribution in [2.45, 2.75) is 13.3 Å². The summed E-state index contributed by atoms with van der Waals surface area (Å²) in [7, 11) is 3.91. The quantitative estimate of drug-likeness (QED) is 0.771. The number of likely N-dealkylation sites (N-methyl/N-ethyl adjacent to an activating group) is 1. The van der Waals surface area contributed by atoms with Crippen LogP contribution in [0.15, 0.2) is 10.6 Å². The molecule has 0 fully saturated rings. The van der Waals surface area contributed by atoms with E-state index in [4.69, 9.17) is 4.52 Å². The number of hydrogen-bond donors (Lipinski definition) is 1. The fraction of sp³-hybridized carbons (Fsp3) is 0.600. The van der Waals surface area contributed by atoms with E-state index in [-0.39, 0.29) is 5.91 Å². The summed E-state index contributed by atoms with van der Waals surface area (Å²) in [6.45, 7) is 3.37. The average Bonchev–Trinajstić information content (AvgIpc) is 2.65. The van der Waals surface area contributed by atoms with Gasteiger partial charge in [-0.1, -0.05) is 12.1 Å². The van der Waals surface area contributed by atoms with E-state index in [1.807, 2.05) is 25.9 Å². The van der Waals surface area contributed by atoms with Crippen LogP contribution in [0, 0.1) is 0 Å². The lowest BCUT2D eigenvalue weighted by Gasteiger charge is -2.08. The van der Waals surface area contributed by atoms with E-state index in [0.29, 0.717) is 12.2 Å². The maximum absolute atomic E-state index is 11.5. The number of nitrogens with zero attached hydrogens (tertiary/aromatic N) is 2. The number of amides is 1. The van der Waals surface area contributed by atoms with Gasteiger partial charge < -0.3 is 14.7 Å². The summed E-state index contributed by atoms with van der Waals surface area (Å²) in [6, 6.07) is 1.67. The van der Waals surface area contributed by atoms with Crippen molar-refractivity contribution in [2.75, 3.05) is 27.2 Å². The number of hydrogen-bond acceptors (Lipinski definition) is 4. The first-order valence-electron chi connectivity index (χ1n) is 5.02. The van der Waals surface area contributed by atoms with Crippen LogP contribution >= 0.6 is 0 Å². The molecule has 0 spiro atoms. The monoisotopic (exact) mass is 211 g/mol. The first-order chi connectivity index (χ1) is 7.13. The van der Waals surface area contributed by atoms with Gasteiger partial charge in [0, 0.05) is 25.6 Å². The van der Waals surface area contributed by atoms with E-state index >= 15 is 0 Å². The van der Waals surface area contributed by atoms with Crippen molar-refractivity contribution in [3.05, 3.63) is 17.5 Å². The molecule has 15 heavy (non-hydrogen) atoms. The maximum atomic E-state index is 11.5. The Morgan fingerprint density at radius 2 is 2.33 bits per heavy atom. The highest BCUT2D eigenvalue weighted by atomic mass is 16.5. The molecule has 1 aromatic rings. The summed E-state index contributed by atoms with van der Waals surface area (Å²) in [5, 5.41) is 6.45. The van der Waals surface area contributed by atoms with Crippen LogP contribution in [0.1, 0.15) is 23.2 Å². The number of aromatic nitrogens is 1. The third-order valence-corrected chi connectivity index (χ3v) is 1.98. The Morgan fingerprint density at radius 1 is 1.60 bits per heavy atom. The molecule has 1 aromatic heterocycles. The maximum Gasteiger partial charge on any atom is 0.273 e. The van der Waals surface area contributed by atoms with Gasteiger partial charge in [-0.2, -0.15) is 0 Å². The van der Waals surface area contributed by atoms with E-state index in [2.05, 4.69) is 10.5 Å². The fourth-order valence-corrected chi connectivity index (χ4v) is 1.07. The highest BCUT2D eigenvalue weighted by Gasteiger charge is 2.10. The minimum absolute atomic E-state index is 0.180. The van der Waals surface area contributed by atoms with Crippen LogP contribution in [-0.2, 0) is 6.42 Å². The van der Waals surface area contributed by atoms with Crippen LogP contribution in [0.4, 0.5) is 0 Å². The van der Waals surface area contributed by atoms with Crippen LogP contribution in [0.3, 0.4) is 0 Å². The molecule has 0 atom stereocenters. The highest BCUT2D eigenvalue weighted by Crippen LogP contribution is 2.03. The molecule has 0 aliphatic rings. The lowest BCUT2D eigenvalue weighted by atomic mass is 10.3. The summed E-state index contributed by atoms with van der Waals surface area (Å²) in [6.07, 6.45) is 0.748. The van der Waals surface area contributed by atoms with Crippen molar-refractivity contribution >= 4 is 5.91 Å². The van der Waals surface area contributed by atoms with Crippen molar-refractivity contribution in [1.29, 1.82) is 0 Å². The molecule has 0 aliphatic carbocycles. The highest BCUT2D eigenvalue weighted by molar-refractivity contribution is 5.92. The van der Waals surface area contributed by atoms with Crippen molar-refractivity contribution < 1.29 is 9.32 Å². The zero-order valence-electron chi connectivity index (χ0n) is 9.41. The zero-order chi connectivity index (χ0) is 11.3. The topological polar surface area (TPSA) is 58.4 Å². The molecule has 5 heteroatoms. The fourth-order valence-electron chi connectivity index (χ4n) is 1.07. The predicted molar refractivity (Wildman–Crippen MR) is 56.8 cm³/mol. The Kier molecular flexibility index (Phi) is 4.30. The van der Waals surface area contributed by atoms with Crippen LogP contribution in [-0.4, -0.2) is 43.1 Å². The first-order valence-corrected chi connectivity index (χ1v) is 5.02. The molecular weight excluding hydrogens is 194 g/mol. The molecule has 1 N–H and O–H groups in total. The largest absolute Gasteiger partial charge is 0.361 e. The van der Waals surface area contributed by atoms with Gasteiger partial charge in [0.15, 0.2) is 5.69 Å². The first kappa shape index (κ1) is 11.7. The Balaban J connectivity index is 2.40. The van der Waals surface area contributed by atoms with Gasteiger partial charge in [-0.3, -0.25) is 4.79 Å². The van der Waals surface area contributed by atoms with E-state index in [1.54, 1.807) is 6.07 Å². The van der Waals surface area contributed by atoms with Crippen LogP contribution in [0.25, 0.3) is 0 Å². The van der Waals surface area contributed by atoms with Gasteiger partial charge in [0.1, 0.15) is 5.76 Å². The van der Waals surface area contributed by atoms with Gasteiger partial charge in [0.05, 0.1) is 0 Å². The van der Waals surface area contributed by atoms with E-state index in [9.17, 15) is 4.79 Å². The number of carbonyl (C=O) groups excluding carboxylic acids is 1. The standard InChI is InChI=1S/C10H17N3O2/c1-4-8-7-9(12-15-8)10(14)11-5-6-13(2)3/h7H,4-6H2,1-3H3,(H,11,14). The van der Waals surface area contributed by atoms with Gasteiger partial charge in [0.2, 0.25) is 0 Å². The van der Waals surface area contributed by atoms with E-state index in [1.165, 1.54) is 0 Å². The Morgan fingerprint density at radius 3 is 2.87 bits per heavy atom. The summed E-state index contributed by atoms with van der Waals surface area (Å²) < 4.78 is 4.94. The van der Waals surface area contributed by atoms with Crippen LogP contribution in [0.5, 0.6) is 0 Å². The summed E-state index contributed by atoms with van der Waals surface area (Å²) in [4.78, 5) is 13.5. The number of nitrogens with one attached hydrogen (secondary N) is 1. The second-order valence-electron chi connectivity index (χ2n) is 3.59. The summed E-state index contributed by atoms with van der Waals surface area (Å²) >= 11 is 0. The van der Waals surface area contributed by atoms with E-state index < -0.39 is 0 Å². The molecule has 0 saturated carbocycles. The minimum Gasteiger partial charge on any atom is -0.361 e. The van der Waals surface area contributed by atoms with Crippen molar-refractivity contribution in [3.63, 3.8) is 0 Å². The molecule has 1 rings (SSSR count). The predicted octanol–water partition coefficient (Wildman–Crippen LogP) is 0.528. The number of aryl methyl sites for hydroxylation is 1. The number of rotatable bonds is 5. The Bertz CT molecular complexity index is 320. The van der Waals surface area contributed by atoms with E-state index in [0.717, 1.165) is 18.7 Å². The van der Waals surface area contributed by atoms with Crippen LogP contribution < -0.4 is 5.32 Å². The molecule has 1 amide bonds. The van der Waals surface area contributed by atoms with Gasteiger partial charge in [0.25, 0.3) is 5.91 Å². The average molecular weight is 211 g/mol. The third kappa shape index (κ3) is 3.71. The molecule has 0 bridgehead atoms. The normalized spacial score (nSPS) is 10.7. The lowest BCUT2D eigenvalue weighted by molar-refractivity contribution is 0.0942. The van der Waals surface area contributed by atoms with Crippen molar-refractivity contribution in [3.8, 4) is 0 Å². The molecule has 0 saturated heterocycles. The van der Waals surface area contributed by atoms with Crippen LogP contribution in [0.2, 0.25) is 0 Å². The van der Waals surface area contributed by atoms with Crippen molar-refractivity contribution in [2.24, 2.45) is 0 Å². The second kappa shape index (κ2) is 5.50. The van der Waals surface area contributed by atoms with Gasteiger partial charge in [-0.25, -0.2) is 0 Å². The van der Waals surface area contributed by atoms with Gasteiger partial charge in [-0.05, 0) is 14.1 Å². The van der Waals surface area contributed by atoms with Gasteiger partial charge in [-0.15, -0.1) is 0 Å². The molecule has 0 radical (unpaired) electrons. The van der Waals surface area contributed by atoms with Crippen molar-refractivity contribution in [1.82, 2.24) is 15.4 Å². The van der Waals surface area contributed by atoms with Gasteiger partial charge >= 0.3 is 0 Å². The number of carbonyl (C=O) groups is 1. The summed E-state index contributed by atoms with van der Waals surface area (Å²) in [5.74, 6) is 0.549. The molecule has 0 aromatic carbocycles. The molecule has 0 unspecified atom stereocenters. The lowest BCUT2D eigenvalue weighted by Crippen LogP contribution is -2.31. The smallest absolute Gasteiger partial charge is 0.273 e. The Labute approximate surface area is 89.4 Å². The molecule has 1 heterocycles. The molecular formula is C10H17N3O2. The second-order valence-corrected chi connectivity index (χ2v) is 3.59.